The molecule has 0 spiro atoms. The fraction of sp³-hybridized carbons (Fsp3) is 0.818. The molecule has 72 valence electrons. The second-order valence-corrected chi connectivity index (χ2v) is 3.44. The Kier molecular flexibility index (Phi) is 8.30. The Morgan fingerprint density at radius 1 is 1.00 bits per heavy atom. The van der Waals surface area contributed by atoms with Crippen LogP contribution >= 0.6 is 0 Å². The second kappa shape index (κ2) is 8.63. The monoisotopic (exact) mass is 170 g/mol. The average molecular weight is 170 g/mol. The molecule has 0 aliphatic rings. The van der Waals surface area contributed by atoms with Gasteiger partial charge in [-0.05, 0) is 6.42 Å². The normalized spacial score (nSPS) is 10.1. The van der Waals surface area contributed by atoms with Crippen molar-refractivity contribution in [2.75, 3.05) is 0 Å². The van der Waals surface area contributed by atoms with E-state index < -0.39 is 0 Å². The number of rotatable bonds is 8. The van der Waals surface area contributed by atoms with Gasteiger partial charge in [0.15, 0.2) is 0 Å². The van der Waals surface area contributed by atoms with E-state index in [2.05, 4.69) is 13.5 Å². The summed E-state index contributed by atoms with van der Waals surface area (Å²) in [6, 6.07) is 0. The summed E-state index contributed by atoms with van der Waals surface area (Å²) in [6.07, 6.45) is 9.84. The fourth-order valence-corrected chi connectivity index (χ4v) is 1.29. The number of aliphatic hydroxyl groups excluding tert-OH is 1. The third-order valence-corrected chi connectivity index (χ3v) is 2.07. The van der Waals surface area contributed by atoms with Crippen LogP contribution in [0.25, 0.3) is 0 Å². The summed E-state index contributed by atoms with van der Waals surface area (Å²) in [5.41, 5.74) is 0. The predicted octanol–water partition coefficient (Wildman–Crippen LogP) is 4.20. The highest BCUT2D eigenvalue weighted by atomic mass is 16.3. The first-order valence-electron chi connectivity index (χ1n) is 5.14. The van der Waals surface area contributed by atoms with E-state index in [9.17, 15) is 0 Å². The minimum Gasteiger partial charge on any atom is -0.513 e. The first-order chi connectivity index (χ1) is 5.77. The largest absolute Gasteiger partial charge is 0.513 e. The van der Waals surface area contributed by atoms with Crippen LogP contribution in [-0.4, -0.2) is 5.11 Å². The van der Waals surface area contributed by atoms with E-state index in [0.717, 1.165) is 12.8 Å². The number of allylic oxidation sites excluding steroid dienone is 1. The van der Waals surface area contributed by atoms with Gasteiger partial charge in [0.1, 0.15) is 0 Å². The van der Waals surface area contributed by atoms with Gasteiger partial charge in [-0.2, -0.15) is 0 Å². The minimum atomic E-state index is 0.337. The lowest BCUT2D eigenvalue weighted by molar-refractivity contribution is 0.383. The van der Waals surface area contributed by atoms with Crippen molar-refractivity contribution in [1.82, 2.24) is 0 Å². The van der Waals surface area contributed by atoms with Gasteiger partial charge in [0.25, 0.3) is 0 Å². The third kappa shape index (κ3) is 9.54. The van der Waals surface area contributed by atoms with E-state index in [0.29, 0.717) is 5.76 Å². The molecule has 0 aromatic heterocycles. The Morgan fingerprint density at radius 2 is 1.50 bits per heavy atom. The van der Waals surface area contributed by atoms with Gasteiger partial charge in [0.2, 0.25) is 0 Å². The van der Waals surface area contributed by atoms with Crippen molar-refractivity contribution in [1.29, 1.82) is 0 Å². The van der Waals surface area contributed by atoms with E-state index in [1.807, 2.05) is 0 Å². The van der Waals surface area contributed by atoms with Crippen molar-refractivity contribution in [3.8, 4) is 0 Å². The smallest absolute Gasteiger partial charge is 0.0851 e. The molecule has 1 heteroatoms. The van der Waals surface area contributed by atoms with Crippen LogP contribution in [0.1, 0.15) is 58.3 Å². The van der Waals surface area contributed by atoms with Crippen LogP contribution in [0.5, 0.6) is 0 Å². The molecule has 0 amide bonds. The number of hydrogen-bond donors (Lipinski definition) is 1. The molecule has 1 N–H and O–H groups in total. The van der Waals surface area contributed by atoms with E-state index in [-0.39, 0.29) is 0 Å². The molecule has 0 saturated heterocycles. The topological polar surface area (TPSA) is 20.2 Å². The average Bonchev–Trinajstić information content (AvgIpc) is 2.02. The van der Waals surface area contributed by atoms with Gasteiger partial charge >= 0.3 is 0 Å². The molecule has 0 unspecified atom stereocenters. The maximum atomic E-state index is 8.80. The number of hydrogen-bond acceptors (Lipinski definition) is 1. The highest BCUT2D eigenvalue weighted by Crippen LogP contribution is 2.09. The first-order valence-corrected chi connectivity index (χ1v) is 5.14. The highest BCUT2D eigenvalue weighted by Gasteiger charge is 1.91. The number of aliphatic hydroxyl groups is 1. The van der Waals surface area contributed by atoms with E-state index in [1.54, 1.807) is 0 Å². The molecular weight excluding hydrogens is 148 g/mol. The Hall–Kier alpha value is -0.460. The van der Waals surface area contributed by atoms with Gasteiger partial charge in [0, 0.05) is 6.42 Å². The summed E-state index contributed by atoms with van der Waals surface area (Å²) in [5.74, 6) is 0.337. The molecule has 0 radical (unpaired) electrons. The molecule has 0 aliphatic heterocycles. The summed E-state index contributed by atoms with van der Waals surface area (Å²) >= 11 is 0. The molecule has 0 bridgehead atoms. The van der Waals surface area contributed by atoms with Crippen LogP contribution in [-0.2, 0) is 0 Å². The van der Waals surface area contributed by atoms with Gasteiger partial charge in [-0.1, -0.05) is 52.0 Å². The highest BCUT2D eigenvalue weighted by molar-refractivity contribution is 4.77. The SMILES string of the molecule is C=C(O)CCCCCCCCC. The van der Waals surface area contributed by atoms with Gasteiger partial charge in [-0.3, -0.25) is 0 Å². The maximum absolute atomic E-state index is 8.80. The van der Waals surface area contributed by atoms with E-state index in [4.69, 9.17) is 5.11 Å². The van der Waals surface area contributed by atoms with Gasteiger partial charge < -0.3 is 5.11 Å². The van der Waals surface area contributed by atoms with E-state index >= 15 is 0 Å². The fourth-order valence-electron chi connectivity index (χ4n) is 1.29. The van der Waals surface area contributed by atoms with Crippen molar-refractivity contribution in [2.24, 2.45) is 0 Å². The lowest BCUT2D eigenvalue weighted by Crippen LogP contribution is -1.82. The molecule has 0 aromatic carbocycles. The van der Waals surface area contributed by atoms with Crippen molar-refractivity contribution >= 4 is 0 Å². The first kappa shape index (κ1) is 11.5. The standard InChI is InChI=1S/C11H22O/c1-3-4-5-6-7-8-9-10-11(2)12/h12H,2-10H2,1H3. The molecule has 0 aromatic rings. The summed E-state index contributed by atoms with van der Waals surface area (Å²) in [7, 11) is 0. The van der Waals surface area contributed by atoms with Gasteiger partial charge in [0.05, 0.1) is 5.76 Å². The lowest BCUT2D eigenvalue weighted by atomic mass is 10.1. The predicted molar refractivity (Wildman–Crippen MR) is 54.4 cm³/mol. The molecule has 0 fully saturated rings. The summed E-state index contributed by atoms with van der Waals surface area (Å²) in [4.78, 5) is 0. The van der Waals surface area contributed by atoms with Crippen LogP contribution in [0.2, 0.25) is 0 Å². The van der Waals surface area contributed by atoms with Crippen LogP contribution in [0, 0.1) is 0 Å². The van der Waals surface area contributed by atoms with Crippen molar-refractivity contribution in [3.05, 3.63) is 12.3 Å². The second-order valence-electron chi connectivity index (χ2n) is 3.44. The van der Waals surface area contributed by atoms with Crippen molar-refractivity contribution in [3.63, 3.8) is 0 Å². The number of unbranched alkanes of at least 4 members (excludes halogenated alkanes) is 6. The Labute approximate surface area is 76.5 Å². The molecule has 0 rings (SSSR count). The zero-order chi connectivity index (χ0) is 9.23. The minimum absolute atomic E-state index is 0.337. The lowest BCUT2D eigenvalue weighted by Gasteiger charge is -1.99. The van der Waals surface area contributed by atoms with Crippen LogP contribution in [0.15, 0.2) is 12.3 Å². The zero-order valence-corrected chi connectivity index (χ0v) is 8.31. The maximum Gasteiger partial charge on any atom is 0.0851 e. The van der Waals surface area contributed by atoms with Crippen LogP contribution in [0.4, 0.5) is 0 Å². The van der Waals surface area contributed by atoms with Gasteiger partial charge in [-0.25, -0.2) is 0 Å². The molecule has 1 nitrogen and oxygen atoms in total. The molecule has 12 heavy (non-hydrogen) atoms. The molecule has 0 saturated carbocycles. The Morgan fingerprint density at radius 3 is 2.00 bits per heavy atom. The summed E-state index contributed by atoms with van der Waals surface area (Å²) in [5, 5.41) is 8.80. The molecule has 0 atom stereocenters. The van der Waals surface area contributed by atoms with Crippen molar-refractivity contribution < 1.29 is 5.11 Å². The van der Waals surface area contributed by atoms with Crippen molar-refractivity contribution in [2.45, 2.75) is 58.3 Å². The summed E-state index contributed by atoms with van der Waals surface area (Å²) < 4.78 is 0. The Balaban J connectivity index is 2.86. The van der Waals surface area contributed by atoms with Crippen LogP contribution in [0.3, 0.4) is 0 Å². The third-order valence-electron chi connectivity index (χ3n) is 2.07. The molecule has 0 aliphatic carbocycles. The van der Waals surface area contributed by atoms with Gasteiger partial charge in [-0.15, -0.1) is 0 Å². The summed E-state index contributed by atoms with van der Waals surface area (Å²) in [6.45, 7) is 5.69. The zero-order valence-electron chi connectivity index (χ0n) is 8.31. The van der Waals surface area contributed by atoms with E-state index in [1.165, 1.54) is 38.5 Å². The molecule has 0 heterocycles. The van der Waals surface area contributed by atoms with Crippen LogP contribution < -0.4 is 0 Å². The molecular formula is C11H22O. The Bertz CT molecular complexity index is 108. The quantitative estimate of drug-likeness (QED) is 0.427.